The standard InChI is InChI=1S/C14H7F3N6O.C2H6/c15-14(16,17)9-3-1-8(2-4-9)12-22-13(24-23-12)21-11-7-19-10(5-18)6-20-11;1-2/h1-4,6-7H,(H,20,21,22,23);1-2H3. The molecule has 10 heteroatoms. The van der Waals surface area contributed by atoms with E-state index in [9.17, 15) is 13.2 Å². The first-order valence-corrected chi connectivity index (χ1v) is 7.46. The third-order valence-corrected chi connectivity index (χ3v) is 2.90. The van der Waals surface area contributed by atoms with Crippen LogP contribution in [0, 0.1) is 11.3 Å². The average Bonchev–Trinajstić information content (AvgIpc) is 3.12. The molecule has 0 amide bonds. The third kappa shape index (κ3) is 4.54. The molecule has 3 aromatic rings. The van der Waals surface area contributed by atoms with Crippen LogP contribution in [-0.2, 0) is 6.18 Å². The molecule has 0 aliphatic heterocycles. The SMILES string of the molecule is CC.N#Cc1cnc(Nc2nc(-c3ccc(C(F)(F)F)cc3)no2)cn1. The Morgan fingerprint density at radius 1 is 1.08 bits per heavy atom. The number of aromatic nitrogens is 4. The van der Waals surface area contributed by atoms with Gasteiger partial charge in [0.05, 0.1) is 18.0 Å². The molecule has 134 valence electrons. The summed E-state index contributed by atoms with van der Waals surface area (Å²) in [7, 11) is 0. The Kier molecular flexibility index (Phi) is 5.85. The minimum absolute atomic E-state index is 0.0103. The largest absolute Gasteiger partial charge is 0.416 e. The second kappa shape index (κ2) is 8.06. The first-order valence-electron chi connectivity index (χ1n) is 7.46. The van der Waals surface area contributed by atoms with Crippen LogP contribution in [0.1, 0.15) is 25.1 Å². The number of halogens is 3. The monoisotopic (exact) mass is 362 g/mol. The molecule has 0 saturated carbocycles. The van der Waals surface area contributed by atoms with E-state index in [2.05, 4.69) is 25.4 Å². The highest BCUT2D eigenvalue weighted by Gasteiger charge is 2.30. The highest BCUT2D eigenvalue weighted by atomic mass is 19.4. The lowest BCUT2D eigenvalue weighted by molar-refractivity contribution is -0.137. The van der Waals surface area contributed by atoms with E-state index >= 15 is 0 Å². The van der Waals surface area contributed by atoms with Gasteiger partial charge in [0.25, 0.3) is 0 Å². The summed E-state index contributed by atoms with van der Waals surface area (Å²) in [6.45, 7) is 4.00. The summed E-state index contributed by atoms with van der Waals surface area (Å²) in [6.07, 6.45) is -1.84. The van der Waals surface area contributed by atoms with E-state index < -0.39 is 11.7 Å². The first kappa shape index (κ1) is 18.9. The van der Waals surface area contributed by atoms with Crippen LogP contribution in [-0.4, -0.2) is 20.1 Å². The van der Waals surface area contributed by atoms with Gasteiger partial charge in [0, 0.05) is 5.56 Å². The van der Waals surface area contributed by atoms with E-state index in [1.807, 2.05) is 19.9 Å². The molecule has 2 aromatic heterocycles. The number of nitriles is 1. The molecular formula is C16H13F3N6O. The Morgan fingerprint density at radius 3 is 2.31 bits per heavy atom. The summed E-state index contributed by atoms with van der Waals surface area (Å²) in [5, 5.41) is 15.0. The summed E-state index contributed by atoms with van der Waals surface area (Å²) < 4.78 is 42.5. The first-order chi connectivity index (χ1) is 12.5. The fourth-order valence-electron chi connectivity index (χ4n) is 1.76. The van der Waals surface area contributed by atoms with Gasteiger partial charge in [-0.2, -0.15) is 23.4 Å². The Bertz CT molecular complexity index is 882. The lowest BCUT2D eigenvalue weighted by atomic mass is 10.1. The Labute approximate surface area is 146 Å². The second-order valence-corrected chi connectivity index (χ2v) is 4.52. The molecular weight excluding hydrogens is 349 g/mol. The molecule has 1 N–H and O–H groups in total. The zero-order valence-corrected chi connectivity index (χ0v) is 13.7. The summed E-state index contributed by atoms with van der Waals surface area (Å²) in [5.74, 6) is 0.393. The molecule has 0 spiro atoms. The highest BCUT2D eigenvalue weighted by Crippen LogP contribution is 2.30. The van der Waals surface area contributed by atoms with E-state index in [-0.39, 0.29) is 23.4 Å². The number of anilines is 2. The molecule has 26 heavy (non-hydrogen) atoms. The molecule has 2 heterocycles. The number of alkyl halides is 3. The minimum atomic E-state index is -4.41. The van der Waals surface area contributed by atoms with E-state index in [1.54, 1.807) is 0 Å². The molecule has 0 fully saturated rings. The Balaban J connectivity index is 0.00000117. The zero-order chi connectivity index (χ0) is 19.2. The van der Waals surface area contributed by atoms with E-state index in [4.69, 9.17) is 9.78 Å². The van der Waals surface area contributed by atoms with Crippen LogP contribution >= 0.6 is 0 Å². The molecule has 0 unspecified atom stereocenters. The lowest BCUT2D eigenvalue weighted by Crippen LogP contribution is -2.04. The molecule has 0 aliphatic carbocycles. The maximum absolute atomic E-state index is 12.5. The van der Waals surface area contributed by atoms with Crippen molar-refractivity contribution < 1.29 is 17.7 Å². The summed E-state index contributed by atoms with van der Waals surface area (Å²) in [6, 6.07) is 6.18. The van der Waals surface area contributed by atoms with Gasteiger partial charge < -0.3 is 4.52 Å². The third-order valence-electron chi connectivity index (χ3n) is 2.90. The highest BCUT2D eigenvalue weighted by molar-refractivity contribution is 5.57. The molecule has 0 bridgehead atoms. The van der Waals surface area contributed by atoms with Crippen LogP contribution < -0.4 is 5.32 Å². The quantitative estimate of drug-likeness (QED) is 0.745. The molecule has 3 rings (SSSR count). The summed E-state index contributed by atoms with van der Waals surface area (Å²) in [4.78, 5) is 11.7. The fraction of sp³-hybridized carbons (Fsp3) is 0.188. The number of nitrogens with zero attached hydrogens (tertiary/aromatic N) is 5. The molecule has 0 aliphatic rings. The van der Waals surface area contributed by atoms with Crippen LogP contribution in [0.2, 0.25) is 0 Å². The topological polar surface area (TPSA) is 101 Å². The molecule has 0 saturated heterocycles. The van der Waals surface area contributed by atoms with Crippen LogP contribution in [0.5, 0.6) is 0 Å². The van der Waals surface area contributed by atoms with Crippen LogP contribution in [0.3, 0.4) is 0 Å². The van der Waals surface area contributed by atoms with Crippen LogP contribution in [0.15, 0.2) is 41.2 Å². The number of hydrogen-bond acceptors (Lipinski definition) is 7. The Morgan fingerprint density at radius 2 is 1.77 bits per heavy atom. The van der Waals surface area contributed by atoms with Gasteiger partial charge in [0.15, 0.2) is 11.5 Å². The van der Waals surface area contributed by atoms with Gasteiger partial charge >= 0.3 is 12.2 Å². The minimum Gasteiger partial charge on any atom is -0.315 e. The van der Waals surface area contributed by atoms with Crippen molar-refractivity contribution in [1.82, 2.24) is 20.1 Å². The predicted octanol–water partition coefficient (Wildman–Crippen LogP) is 4.19. The number of nitrogens with one attached hydrogen (secondary N) is 1. The smallest absolute Gasteiger partial charge is 0.315 e. The van der Waals surface area contributed by atoms with E-state index in [0.29, 0.717) is 5.56 Å². The number of benzene rings is 1. The predicted molar refractivity (Wildman–Crippen MR) is 86.1 cm³/mol. The normalized spacial score (nSPS) is 10.5. The van der Waals surface area contributed by atoms with Crippen molar-refractivity contribution in [2.75, 3.05) is 5.32 Å². The lowest BCUT2D eigenvalue weighted by Gasteiger charge is -2.05. The van der Waals surface area contributed by atoms with Crippen LogP contribution in [0.4, 0.5) is 25.0 Å². The van der Waals surface area contributed by atoms with Gasteiger partial charge in [-0.3, -0.25) is 5.32 Å². The van der Waals surface area contributed by atoms with E-state index in [1.165, 1.54) is 24.5 Å². The van der Waals surface area contributed by atoms with Crippen molar-refractivity contribution in [2.24, 2.45) is 0 Å². The van der Waals surface area contributed by atoms with Gasteiger partial charge in [-0.05, 0) is 12.1 Å². The summed E-state index contributed by atoms with van der Waals surface area (Å²) >= 11 is 0. The van der Waals surface area contributed by atoms with Crippen molar-refractivity contribution in [2.45, 2.75) is 20.0 Å². The van der Waals surface area contributed by atoms with Gasteiger partial charge in [-0.15, -0.1) is 0 Å². The fourth-order valence-corrected chi connectivity index (χ4v) is 1.76. The van der Waals surface area contributed by atoms with Crippen molar-refractivity contribution in [3.05, 3.63) is 47.9 Å². The Hall–Kier alpha value is -3.48. The van der Waals surface area contributed by atoms with E-state index in [0.717, 1.165) is 12.1 Å². The molecule has 7 nitrogen and oxygen atoms in total. The average molecular weight is 362 g/mol. The van der Waals surface area contributed by atoms with Crippen molar-refractivity contribution >= 4 is 11.8 Å². The van der Waals surface area contributed by atoms with Crippen LogP contribution in [0.25, 0.3) is 11.4 Å². The maximum Gasteiger partial charge on any atom is 0.416 e. The molecule has 0 atom stereocenters. The van der Waals surface area contributed by atoms with Gasteiger partial charge in [-0.25, -0.2) is 9.97 Å². The molecule has 0 radical (unpaired) electrons. The number of hydrogen-bond donors (Lipinski definition) is 1. The van der Waals surface area contributed by atoms with Gasteiger partial charge in [0.1, 0.15) is 6.07 Å². The number of rotatable bonds is 3. The van der Waals surface area contributed by atoms with Gasteiger partial charge in [-0.1, -0.05) is 31.1 Å². The maximum atomic E-state index is 12.5. The van der Waals surface area contributed by atoms with Crippen molar-refractivity contribution in [1.29, 1.82) is 5.26 Å². The van der Waals surface area contributed by atoms with Gasteiger partial charge in [0.2, 0.25) is 5.82 Å². The van der Waals surface area contributed by atoms with Crippen molar-refractivity contribution in [3.8, 4) is 17.5 Å². The summed E-state index contributed by atoms with van der Waals surface area (Å²) in [5.41, 5.74) is -0.247. The van der Waals surface area contributed by atoms with Crippen molar-refractivity contribution in [3.63, 3.8) is 0 Å². The second-order valence-electron chi connectivity index (χ2n) is 4.52. The zero-order valence-electron chi connectivity index (χ0n) is 13.7. The molecule has 1 aromatic carbocycles.